The maximum absolute atomic E-state index is 13.1. The van der Waals surface area contributed by atoms with Crippen molar-refractivity contribution in [2.24, 2.45) is 17.8 Å². The molecule has 0 rings (SSSR count). The van der Waals surface area contributed by atoms with Gasteiger partial charge in [0.1, 0.15) is 19.3 Å². The Hall–Kier alpha value is -1.94. The molecule has 0 saturated heterocycles. The molecule has 0 aromatic rings. The molecule has 0 aliphatic carbocycles. The van der Waals surface area contributed by atoms with Gasteiger partial charge in [-0.25, -0.2) is 9.13 Å². The van der Waals surface area contributed by atoms with Gasteiger partial charge in [0.2, 0.25) is 0 Å². The van der Waals surface area contributed by atoms with Crippen LogP contribution in [0.3, 0.4) is 0 Å². The van der Waals surface area contributed by atoms with Crippen molar-refractivity contribution >= 4 is 39.5 Å². The van der Waals surface area contributed by atoms with Crippen LogP contribution in [0.4, 0.5) is 0 Å². The number of aliphatic hydroxyl groups excluding tert-OH is 1. The van der Waals surface area contributed by atoms with E-state index in [-0.39, 0.29) is 25.7 Å². The second-order valence-corrected chi connectivity index (χ2v) is 34.2. The fraction of sp³-hybridized carbons (Fsp3) is 0.952. The van der Waals surface area contributed by atoms with Crippen LogP contribution in [0.5, 0.6) is 0 Å². The Morgan fingerprint density at radius 3 is 0.667 bits per heavy atom. The molecule has 0 aromatic carbocycles. The van der Waals surface area contributed by atoms with Crippen LogP contribution in [0.2, 0.25) is 0 Å². The van der Waals surface area contributed by atoms with Gasteiger partial charge in [-0.15, -0.1) is 0 Å². The lowest BCUT2D eigenvalue weighted by molar-refractivity contribution is -0.161. The van der Waals surface area contributed by atoms with Crippen LogP contribution in [0.1, 0.15) is 434 Å². The van der Waals surface area contributed by atoms with Crippen LogP contribution in [0.15, 0.2) is 0 Å². The van der Waals surface area contributed by atoms with Crippen LogP contribution in [-0.4, -0.2) is 96.7 Å². The molecule has 606 valence electrons. The minimum absolute atomic E-state index is 0.106. The van der Waals surface area contributed by atoms with Gasteiger partial charge in [0.15, 0.2) is 12.2 Å². The number of carbonyl (C=O) groups excluding carboxylic acids is 4. The number of aliphatic hydroxyl groups is 1. The average Bonchev–Trinajstić information content (AvgIpc) is 0.908. The summed E-state index contributed by atoms with van der Waals surface area (Å²) in [6.45, 7) is 11.9. The fourth-order valence-electron chi connectivity index (χ4n) is 12.8. The van der Waals surface area contributed by atoms with Crippen molar-refractivity contribution in [1.29, 1.82) is 0 Å². The summed E-state index contributed by atoms with van der Waals surface area (Å²) in [6, 6.07) is 0. The molecular formula is C83H162O17P2. The largest absolute Gasteiger partial charge is 0.472 e. The highest BCUT2D eigenvalue weighted by atomic mass is 31.2. The number of hydrogen-bond acceptors (Lipinski definition) is 15. The highest BCUT2D eigenvalue weighted by Gasteiger charge is 2.30. The Bertz CT molecular complexity index is 1970. The number of carbonyl (C=O) groups is 4. The first-order chi connectivity index (χ1) is 49.2. The zero-order chi connectivity index (χ0) is 75.1. The van der Waals surface area contributed by atoms with Crippen molar-refractivity contribution in [2.75, 3.05) is 39.6 Å². The third-order valence-corrected chi connectivity index (χ3v) is 21.3. The van der Waals surface area contributed by atoms with Crippen molar-refractivity contribution < 1.29 is 80.2 Å². The first-order valence-electron chi connectivity index (χ1n) is 42.8. The highest BCUT2D eigenvalue weighted by molar-refractivity contribution is 7.47. The number of ether oxygens (including phenoxy) is 4. The quantitative estimate of drug-likeness (QED) is 0.0222. The molecule has 0 heterocycles. The van der Waals surface area contributed by atoms with E-state index in [0.717, 1.165) is 108 Å². The molecular weight excluding hydrogens is 1330 g/mol. The number of unbranched alkanes of at least 4 members (excludes halogenated alkanes) is 49. The zero-order valence-corrected chi connectivity index (χ0v) is 68.9. The van der Waals surface area contributed by atoms with Gasteiger partial charge in [-0.3, -0.25) is 37.3 Å². The minimum atomic E-state index is -4.96. The van der Waals surface area contributed by atoms with Crippen LogP contribution in [0, 0.1) is 17.8 Å². The number of esters is 4. The molecule has 0 bridgehead atoms. The summed E-state index contributed by atoms with van der Waals surface area (Å²) >= 11 is 0. The molecule has 0 saturated carbocycles. The number of phosphoric acid groups is 2. The molecule has 0 amide bonds. The van der Waals surface area contributed by atoms with Crippen molar-refractivity contribution in [3.8, 4) is 0 Å². The van der Waals surface area contributed by atoms with Crippen molar-refractivity contribution in [1.82, 2.24) is 0 Å². The van der Waals surface area contributed by atoms with Gasteiger partial charge in [-0.1, -0.05) is 382 Å². The first-order valence-corrected chi connectivity index (χ1v) is 45.8. The van der Waals surface area contributed by atoms with E-state index in [4.69, 9.17) is 37.0 Å². The summed E-state index contributed by atoms with van der Waals surface area (Å²) in [5.74, 6) is 0.170. The summed E-state index contributed by atoms with van der Waals surface area (Å²) in [5.41, 5.74) is 0. The molecule has 3 N–H and O–H groups in total. The maximum atomic E-state index is 13.1. The Labute approximate surface area is 626 Å². The van der Waals surface area contributed by atoms with Crippen molar-refractivity contribution in [3.63, 3.8) is 0 Å². The summed E-state index contributed by atoms with van der Waals surface area (Å²) in [4.78, 5) is 73.1. The summed E-state index contributed by atoms with van der Waals surface area (Å²) in [6.07, 6.45) is 62.6. The monoisotopic (exact) mass is 1490 g/mol. The Kier molecular flexibility index (Phi) is 71.8. The maximum Gasteiger partial charge on any atom is 0.472 e. The molecule has 0 aromatic heterocycles. The predicted octanol–water partition coefficient (Wildman–Crippen LogP) is 24.9. The van der Waals surface area contributed by atoms with E-state index in [1.165, 1.54) is 244 Å². The number of rotatable bonds is 81. The van der Waals surface area contributed by atoms with Crippen LogP contribution in [-0.2, 0) is 65.4 Å². The van der Waals surface area contributed by atoms with E-state index in [1.807, 2.05) is 0 Å². The molecule has 102 heavy (non-hydrogen) atoms. The molecule has 2 unspecified atom stereocenters. The second kappa shape index (κ2) is 73.2. The van der Waals surface area contributed by atoms with Gasteiger partial charge in [0, 0.05) is 25.7 Å². The molecule has 5 atom stereocenters. The fourth-order valence-corrected chi connectivity index (χ4v) is 14.4. The van der Waals surface area contributed by atoms with Gasteiger partial charge >= 0.3 is 39.5 Å². The molecule has 0 fully saturated rings. The lowest BCUT2D eigenvalue weighted by atomic mass is 10.0. The van der Waals surface area contributed by atoms with Crippen molar-refractivity contribution in [2.45, 2.75) is 452 Å². The van der Waals surface area contributed by atoms with E-state index in [2.05, 4.69) is 48.5 Å². The Morgan fingerprint density at radius 2 is 0.451 bits per heavy atom. The van der Waals surface area contributed by atoms with E-state index < -0.39 is 97.5 Å². The minimum Gasteiger partial charge on any atom is -0.462 e. The third kappa shape index (κ3) is 76.3. The lowest BCUT2D eigenvalue weighted by Crippen LogP contribution is -2.30. The second-order valence-electron chi connectivity index (χ2n) is 31.3. The normalized spacial score (nSPS) is 13.9. The van der Waals surface area contributed by atoms with Crippen LogP contribution < -0.4 is 0 Å². The van der Waals surface area contributed by atoms with Crippen molar-refractivity contribution in [3.05, 3.63) is 0 Å². The van der Waals surface area contributed by atoms with E-state index in [9.17, 15) is 43.2 Å². The highest BCUT2D eigenvalue weighted by Crippen LogP contribution is 2.45. The standard InChI is InChI=1S/C83H162O17P2/c1-8-9-10-11-12-13-14-15-16-17-18-19-20-21-22-23-24-29-37-45-52-59-66-82(87)99-78(70-93-80(85)64-57-50-43-36-30-25-27-33-40-47-54-61-74(2)3)72-97-101(89,90)95-68-77(84)69-96-102(91,92)98-73-79(71-94-81(86)65-58-51-44-39-32-35-42-49-56-63-76(6)7)100-83(88)67-60-53-46-38-31-26-28-34-41-48-55-62-75(4)5/h74-79,84H,8-73H2,1-7H3,(H,89,90)(H,91,92)/t77-,78-,79-/m1/s1. The molecule has 0 aliphatic heterocycles. The predicted molar refractivity (Wildman–Crippen MR) is 418 cm³/mol. The van der Waals surface area contributed by atoms with Gasteiger partial charge in [-0.05, 0) is 43.4 Å². The molecule has 0 spiro atoms. The number of hydrogen-bond donors (Lipinski definition) is 3. The van der Waals surface area contributed by atoms with Gasteiger partial charge in [0.25, 0.3) is 0 Å². The van der Waals surface area contributed by atoms with E-state index >= 15 is 0 Å². The zero-order valence-electron chi connectivity index (χ0n) is 67.1. The SMILES string of the molecule is CCCCCCCCCCCCCCCCCCCCCCCCC(=O)O[C@H](COC(=O)CCCCCCCCCCCCCC(C)C)COP(=O)(O)OC[C@@H](O)COP(=O)(O)OC[C@@H](COC(=O)CCCCCCCCCCCC(C)C)OC(=O)CCCCCCCCCCCCCC(C)C. The molecule has 0 aliphatic rings. The summed E-state index contributed by atoms with van der Waals surface area (Å²) in [5, 5.41) is 10.7. The van der Waals surface area contributed by atoms with Gasteiger partial charge < -0.3 is 33.8 Å². The number of phosphoric ester groups is 2. The summed E-state index contributed by atoms with van der Waals surface area (Å²) in [7, 11) is -9.92. The van der Waals surface area contributed by atoms with E-state index in [0.29, 0.717) is 25.7 Å². The Morgan fingerprint density at radius 1 is 0.265 bits per heavy atom. The van der Waals surface area contributed by atoms with Gasteiger partial charge in [0.05, 0.1) is 26.4 Å². The molecule has 19 heteroatoms. The Balaban J connectivity index is 5.23. The third-order valence-electron chi connectivity index (χ3n) is 19.4. The smallest absolute Gasteiger partial charge is 0.462 e. The lowest BCUT2D eigenvalue weighted by Gasteiger charge is -2.21. The topological polar surface area (TPSA) is 237 Å². The van der Waals surface area contributed by atoms with E-state index in [1.54, 1.807) is 0 Å². The average molecular weight is 1490 g/mol. The molecule has 0 radical (unpaired) electrons. The van der Waals surface area contributed by atoms with Crippen LogP contribution >= 0.6 is 15.6 Å². The first kappa shape index (κ1) is 100. The molecule has 17 nitrogen and oxygen atoms in total. The summed E-state index contributed by atoms with van der Waals surface area (Å²) < 4.78 is 68.8. The van der Waals surface area contributed by atoms with Crippen LogP contribution in [0.25, 0.3) is 0 Å². The van der Waals surface area contributed by atoms with Gasteiger partial charge in [-0.2, -0.15) is 0 Å².